The maximum atomic E-state index is 12.3. The maximum Gasteiger partial charge on any atom is 0.274 e. The molecule has 0 unspecified atom stereocenters. The molecular formula is C16H20N6O2. The van der Waals surface area contributed by atoms with Crippen molar-refractivity contribution < 1.29 is 9.53 Å². The lowest BCUT2D eigenvalue weighted by molar-refractivity contribution is 0.102. The van der Waals surface area contributed by atoms with Gasteiger partial charge in [-0.2, -0.15) is 4.98 Å². The predicted molar refractivity (Wildman–Crippen MR) is 91.6 cm³/mol. The molecule has 1 N–H and O–H groups in total. The Bertz CT molecular complexity index is 701. The van der Waals surface area contributed by atoms with E-state index < -0.39 is 0 Å². The van der Waals surface area contributed by atoms with Crippen LogP contribution in [-0.4, -0.2) is 61.3 Å². The zero-order chi connectivity index (χ0) is 16.9. The van der Waals surface area contributed by atoms with E-state index >= 15 is 0 Å². The van der Waals surface area contributed by atoms with Gasteiger partial charge in [-0.25, -0.2) is 4.98 Å². The molecule has 0 saturated carbocycles. The molecule has 2 aromatic rings. The monoisotopic (exact) mass is 328 g/mol. The van der Waals surface area contributed by atoms with E-state index in [0.717, 1.165) is 13.1 Å². The van der Waals surface area contributed by atoms with Crippen LogP contribution < -0.4 is 15.1 Å². The molecule has 24 heavy (non-hydrogen) atoms. The minimum absolute atomic E-state index is 0.290. The van der Waals surface area contributed by atoms with Crippen LogP contribution in [0.4, 0.5) is 17.5 Å². The van der Waals surface area contributed by atoms with Crippen molar-refractivity contribution in [3.63, 3.8) is 0 Å². The van der Waals surface area contributed by atoms with Gasteiger partial charge in [-0.3, -0.25) is 9.78 Å². The highest BCUT2D eigenvalue weighted by molar-refractivity contribution is 6.04. The molecular weight excluding hydrogens is 308 g/mol. The molecule has 0 atom stereocenters. The summed E-state index contributed by atoms with van der Waals surface area (Å²) in [5, 5.41) is 2.83. The van der Waals surface area contributed by atoms with Crippen molar-refractivity contribution in [1.82, 2.24) is 15.0 Å². The van der Waals surface area contributed by atoms with Gasteiger partial charge in [0.1, 0.15) is 11.4 Å². The summed E-state index contributed by atoms with van der Waals surface area (Å²) in [4.78, 5) is 29.3. The summed E-state index contributed by atoms with van der Waals surface area (Å²) in [6.07, 6.45) is 3.22. The Morgan fingerprint density at radius 3 is 2.71 bits per heavy atom. The van der Waals surface area contributed by atoms with E-state index in [9.17, 15) is 4.79 Å². The van der Waals surface area contributed by atoms with Crippen molar-refractivity contribution >= 4 is 23.4 Å². The lowest BCUT2D eigenvalue weighted by atomic mass is 10.3. The number of aromatic nitrogens is 3. The Kier molecular flexibility index (Phi) is 4.85. The fraction of sp³-hybridized carbons (Fsp3) is 0.375. The average molecular weight is 328 g/mol. The van der Waals surface area contributed by atoms with Gasteiger partial charge < -0.3 is 19.9 Å². The van der Waals surface area contributed by atoms with Gasteiger partial charge in [-0.1, -0.05) is 6.07 Å². The first kappa shape index (κ1) is 16.1. The van der Waals surface area contributed by atoms with Gasteiger partial charge in [0.25, 0.3) is 5.91 Å². The second-order valence-electron chi connectivity index (χ2n) is 5.57. The first-order valence-electron chi connectivity index (χ1n) is 7.74. The van der Waals surface area contributed by atoms with Crippen molar-refractivity contribution in [2.24, 2.45) is 0 Å². The Morgan fingerprint density at radius 1 is 1.25 bits per heavy atom. The first-order chi connectivity index (χ1) is 11.6. The summed E-state index contributed by atoms with van der Waals surface area (Å²) in [6, 6.07) is 5.20. The third-order valence-electron chi connectivity index (χ3n) is 3.62. The van der Waals surface area contributed by atoms with E-state index in [1.54, 1.807) is 30.6 Å². The van der Waals surface area contributed by atoms with E-state index in [0.29, 0.717) is 36.4 Å². The lowest BCUT2D eigenvalue weighted by Crippen LogP contribution is -2.37. The fourth-order valence-electron chi connectivity index (χ4n) is 2.39. The zero-order valence-corrected chi connectivity index (χ0v) is 13.8. The molecule has 126 valence electrons. The standard InChI is InChI=1S/C16H20N6O2/c1-21(2)14-13(19-15(23)12-5-3-4-6-17-12)11-18-16(20-14)22-7-9-24-10-8-22/h3-6,11H,7-10H2,1-2H3,(H,19,23). The number of hydrogen-bond acceptors (Lipinski definition) is 7. The topological polar surface area (TPSA) is 83.5 Å². The number of anilines is 3. The number of ether oxygens (including phenoxy) is 1. The van der Waals surface area contributed by atoms with E-state index in [-0.39, 0.29) is 5.91 Å². The van der Waals surface area contributed by atoms with E-state index in [2.05, 4.69) is 25.2 Å². The molecule has 1 aliphatic heterocycles. The molecule has 2 aromatic heterocycles. The zero-order valence-electron chi connectivity index (χ0n) is 13.8. The molecule has 0 aliphatic carbocycles. The van der Waals surface area contributed by atoms with E-state index in [1.807, 2.05) is 19.0 Å². The summed E-state index contributed by atoms with van der Waals surface area (Å²) in [6.45, 7) is 2.84. The second-order valence-corrected chi connectivity index (χ2v) is 5.57. The van der Waals surface area contributed by atoms with Crippen LogP contribution in [0.2, 0.25) is 0 Å². The number of hydrogen-bond donors (Lipinski definition) is 1. The Labute approximate surface area is 140 Å². The molecule has 1 fully saturated rings. The number of nitrogens with zero attached hydrogens (tertiary/aromatic N) is 5. The van der Waals surface area contributed by atoms with Gasteiger partial charge in [0.05, 0.1) is 19.4 Å². The van der Waals surface area contributed by atoms with E-state index in [1.165, 1.54) is 0 Å². The largest absolute Gasteiger partial charge is 0.378 e. The number of amides is 1. The average Bonchev–Trinajstić information content (AvgIpc) is 2.63. The smallest absolute Gasteiger partial charge is 0.274 e. The van der Waals surface area contributed by atoms with Gasteiger partial charge in [-0.05, 0) is 12.1 Å². The molecule has 1 amide bonds. The summed E-state index contributed by atoms with van der Waals surface area (Å²) in [5.41, 5.74) is 0.895. The molecule has 8 heteroatoms. The Hall–Kier alpha value is -2.74. The van der Waals surface area contributed by atoms with Crippen molar-refractivity contribution in [3.8, 4) is 0 Å². The normalized spacial score (nSPS) is 14.3. The molecule has 0 aromatic carbocycles. The quantitative estimate of drug-likeness (QED) is 0.897. The van der Waals surface area contributed by atoms with Gasteiger partial charge >= 0.3 is 0 Å². The van der Waals surface area contributed by atoms with Gasteiger partial charge in [-0.15, -0.1) is 0 Å². The minimum atomic E-state index is -0.290. The molecule has 0 spiro atoms. The molecule has 8 nitrogen and oxygen atoms in total. The SMILES string of the molecule is CN(C)c1nc(N2CCOCC2)ncc1NC(=O)c1ccccn1. The number of nitrogens with one attached hydrogen (secondary N) is 1. The van der Waals surface area contributed by atoms with Crippen molar-refractivity contribution in [2.75, 3.05) is 55.5 Å². The molecule has 1 saturated heterocycles. The van der Waals surface area contributed by atoms with Gasteiger partial charge in [0, 0.05) is 33.4 Å². The predicted octanol–water partition coefficient (Wildman–Crippen LogP) is 1.03. The third-order valence-corrected chi connectivity index (χ3v) is 3.62. The van der Waals surface area contributed by atoms with Crippen LogP contribution >= 0.6 is 0 Å². The number of carbonyl (C=O) groups excluding carboxylic acids is 1. The van der Waals surface area contributed by atoms with E-state index in [4.69, 9.17) is 4.74 Å². The molecule has 3 rings (SSSR count). The number of pyridine rings is 1. The number of rotatable bonds is 4. The van der Waals surface area contributed by atoms with Crippen LogP contribution in [0, 0.1) is 0 Å². The minimum Gasteiger partial charge on any atom is -0.378 e. The van der Waals surface area contributed by atoms with Crippen LogP contribution in [-0.2, 0) is 4.74 Å². The highest BCUT2D eigenvalue weighted by atomic mass is 16.5. The van der Waals surface area contributed by atoms with Crippen LogP contribution in [0.5, 0.6) is 0 Å². The second kappa shape index (κ2) is 7.22. The number of morpholine rings is 1. The third kappa shape index (κ3) is 3.60. The van der Waals surface area contributed by atoms with Crippen LogP contribution in [0.3, 0.4) is 0 Å². The first-order valence-corrected chi connectivity index (χ1v) is 7.74. The molecule has 0 bridgehead atoms. The van der Waals surface area contributed by atoms with Crippen molar-refractivity contribution in [2.45, 2.75) is 0 Å². The Morgan fingerprint density at radius 2 is 2.04 bits per heavy atom. The van der Waals surface area contributed by atoms with Crippen molar-refractivity contribution in [3.05, 3.63) is 36.3 Å². The lowest BCUT2D eigenvalue weighted by Gasteiger charge is -2.28. The van der Waals surface area contributed by atoms with Crippen molar-refractivity contribution in [1.29, 1.82) is 0 Å². The van der Waals surface area contributed by atoms with Crippen LogP contribution in [0.15, 0.2) is 30.6 Å². The van der Waals surface area contributed by atoms with Crippen LogP contribution in [0.25, 0.3) is 0 Å². The summed E-state index contributed by atoms with van der Waals surface area (Å²) < 4.78 is 5.35. The molecule has 1 aliphatic rings. The highest BCUT2D eigenvalue weighted by Crippen LogP contribution is 2.24. The Balaban J connectivity index is 1.83. The van der Waals surface area contributed by atoms with Gasteiger partial charge in [0.2, 0.25) is 5.95 Å². The summed E-state index contributed by atoms with van der Waals surface area (Å²) in [7, 11) is 3.75. The highest BCUT2D eigenvalue weighted by Gasteiger charge is 2.18. The summed E-state index contributed by atoms with van der Waals surface area (Å²) in [5.74, 6) is 0.995. The van der Waals surface area contributed by atoms with Crippen LogP contribution in [0.1, 0.15) is 10.5 Å². The fourth-order valence-corrected chi connectivity index (χ4v) is 2.39. The summed E-state index contributed by atoms with van der Waals surface area (Å²) >= 11 is 0. The maximum absolute atomic E-state index is 12.3. The molecule has 0 radical (unpaired) electrons. The number of carbonyl (C=O) groups is 1. The molecule has 3 heterocycles. The van der Waals surface area contributed by atoms with Gasteiger partial charge in [0.15, 0.2) is 5.82 Å².